The number of likely N-dealkylation sites (tertiary alicyclic amines) is 1. The molecule has 2 heterocycles. The zero-order valence-electron chi connectivity index (χ0n) is 9.19. The lowest BCUT2D eigenvalue weighted by Crippen LogP contribution is -2.29. The zero-order valence-corrected chi connectivity index (χ0v) is 10.8. The van der Waals surface area contributed by atoms with Crippen LogP contribution in [-0.2, 0) is 11.2 Å². The first-order chi connectivity index (χ1) is 7.79. The van der Waals surface area contributed by atoms with Crippen molar-refractivity contribution in [2.45, 2.75) is 19.3 Å². The van der Waals surface area contributed by atoms with E-state index in [4.69, 9.17) is 4.42 Å². The number of hydrogen-bond donors (Lipinski definition) is 0. The van der Waals surface area contributed by atoms with Crippen LogP contribution in [0.15, 0.2) is 22.8 Å². The van der Waals surface area contributed by atoms with Crippen molar-refractivity contribution in [3.63, 3.8) is 0 Å². The standard InChI is InChI=1S/C12H16BrNO2/c13-8-10-5-6-14(9-10)12(15)4-3-11-2-1-7-16-11/h1-2,7,10H,3-6,8-9H2. The van der Waals surface area contributed by atoms with E-state index in [2.05, 4.69) is 15.9 Å². The topological polar surface area (TPSA) is 33.5 Å². The minimum atomic E-state index is 0.250. The molecule has 0 radical (unpaired) electrons. The van der Waals surface area contributed by atoms with Crippen LogP contribution in [0.4, 0.5) is 0 Å². The van der Waals surface area contributed by atoms with Crippen molar-refractivity contribution in [2.75, 3.05) is 18.4 Å². The van der Waals surface area contributed by atoms with Crippen LogP contribution < -0.4 is 0 Å². The molecule has 1 saturated heterocycles. The van der Waals surface area contributed by atoms with Crippen LogP contribution in [0.1, 0.15) is 18.6 Å². The van der Waals surface area contributed by atoms with Gasteiger partial charge in [0, 0.05) is 31.3 Å². The second-order valence-corrected chi connectivity index (χ2v) is 4.88. The molecule has 1 aliphatic heterocycles. The smallest absolute Gasteiger partial charge is 0.223 e. The predicted octanol–water partition coefficient (Wildman–Crippen LogP) is 2.46. The number of aryl methyl sites for hydroxylation is 1. The van der Waals surface area contributed by atoms with Crippen molar-refractivity contribution in [3.05, 3.63) is 24.2 Å². The van der Waals surface area contributed by atoms with Crippen molar-refractivity contribution in [1.29, 1.82) is 0 Å². The third-order valence-corrected chi connectivity index (χ3v) is 3.94. The molecule has 16 heavy (non-hydrogen) atoms. The molecule has 0 bridgehead atoms. The highest BCUT2D eigenvalue weighted by Crippen LogP contribution is 2.19. The van der Waals surface area contributed by atoms with E-state index in [1.54, 1.807) is 6.26 Å². The Labute approximate surface area is 104 Å². The van der Waals surface area contributed by atoms with Crippen LogP contribution in [-0.4, -0.2) is 29.2 Å². The van der Waals surface area contributed by atoms with Gasteiger partial charge in [-0.25, -0.2) is 0 Å². The molecule has 0 saturated carbocycles. The summed E-state index contributed by atoms with van der Waals surface area (Å²) in [7, 11) is 0. The predicted molar refractivity (Wildman–Crippen MR) is 65.5 cm³/mol. The van der Waals surface area contributed by atoms with Crippen molar-refractivity contribution in [3.8, 4) is 0 Å². The summed E-state index contributed by atoms with van der Waals surface area (Å²) in [6.45, 7) is 1.81. The van der Waals surface area contributed by atoms with E-state index >= 15 is 0 Å². The van der Waals surface area contributed by atoms with Gasteiger partial charge in [0.2, 0.25) is 5.91 Å². The highest BCUT2D eigenvalue weighted by molar-refractivity contribution is 9.09. The van der Waals surface area contributed by atoms with Crippen molar-refractivity contribution in [2.24, 2.45) is 5.92 Å². The van der Waals surface area contributed by atoms with Gasteiger partial charge in [-0.1, -0.05) is 15.9 Å². The van der Waals surface area contributed by atoms with Crippen LogP contribution in [0, 0.1) is 5.92 Å². The molecule has 0 aromatic carbocycles. The van der Waals surface area contributed by atoms with Crippen LogP contribution in [0.5, 0.6) is 0 Å². The maximum absolute atomic E-state index is 11.9. The molecule has 1 amide bonds. The van der Waals surface area contributed by atoms with E-state index in [1.807, 2.05) is 17.0 Å². The Hall–Kier alpha value is -0.770. The van der Waals surface area contributed by atoms with Gasteiger partial charge in [0.15, 0.2) is 0 Å². The first-order valence-corrected chi connectivity index (χ1v) is 6.78. The molecule has 3 nitrogen and oxygen atoms in total. The van der Waals surface area contributed by atoms with Gasteiger partial charge in [-0.2, -0.15) is 0 Å². The zero-order chi connectivity index (χ0) is 11.4. The summed E-state index contributed by atoms with van der Waals surface area (Å²) in [6, 6.07) is 3.77. The van der Waals surface area contributed by atoms with E-state index in [-0.39, 0.29) is 5.91 Å². The third kappa shape index (κ3) is 2.88. The number of halogens is 1. The summed E-state index contributed by atoms with van der Waals surface area (Å²) in [5.41, 5.74) is 0. The summed E-state index contributed by atoms with van der Waals surface area (Å²) in [5.74, 6) is 1.78. The fourth-order valence-corrected chi connectivity index (χ4v) is 2.56. The fourth-order valence-electron chi connectivity index (χ4n) is 2.03. The first-order valence-electron chi connectivity index (χ1n) is 5.65. The highest BCUT2D eigenvalue weighted by Gasteiger charge is 2.24. The van der Waals surface area contributed by atoms with E-state index in [1.165, 1.54) is 0 Å². The monoisotopic (exact) mass is 285 g/mol. The summed E-state index contributed by atoms with van der Waals surface area (Å²) < 4.78 is 5.21. The Kier molecular flexibility index (Phi) is 4.04. The molecule has 88 valence electrons. The fraction of sp³-hybridized carbons (Fsp3) is 0.583. The molecule has 1 fully saturated rings. The minimum absolute atomic E-state index is 0.250. The number of amides is 1. The molecule has 1 atom stereocenters. The summed E-state index contributed by atoms with van der Waals surface area (Å²) in [5, 5.41) is 0.995. The van der Waals surface area contributed by atoms with Crippen molar-refractivity contribution >= 4 is 21.8 Å². The van der Waals surface area contributed by atoms with Crippen LogP contribution in [0.2, 0.25) is 0 Å². The number of hydrogen-bond acceptors (Lipinski definition) is 2. The summed E-state index contributed by atoms with van der Waals surface area (Å²) in [6.07, 6.45) is 4.04. The molecule has 0 N–H and O–H groups in total. The molecule has 0 spiro atoms. The molecule has 1 aromatic rings. The second-order valence-electron chi connectivity index (χ2n) is 4.23. The lowest BCUT2D eigenvalue weighted by Gasteiger charge is -2.15. The Morgan fingerprint density at radius 3 is 3.12 bits per heavy atom. The lowest BCUT2D eigenvalue weighted by molar-refractivity contribution is -0.130. The van der Waals surface area contributed by atoms with E-state index in [9.17, 15) is 4.79 Å². The van der Waals surface area contributed by atoms with E-state index < -0.39 is 0 Å². The minimum Gasteiger partial charge on any atom is -0.469 e. The molecule has 4 heteroatoms. The van der Waals surface area contributed by atoms with Gasteiger partial charge < -0.3 is 9.32 Å². The molecular weight excluding hydrogens is 270 g/mol. The maximum atomic E-state index is 11.9. The van der Waals surface area contributed by atoms with Gasteiger partial charge in [0.25, 0.3) is 0 Å². The Balaban J connectivity index is 1.76. The third-order valence-electron chi connectivity index (χ3n) is 3.02. The average molecular weight is 286 g/mol. The second kappa shape index (κ2) is 5.53. The number of furan rings is 1. The van der Waals surface area contributed by atoms with Crippen LogP contribution in [0.3, 0.4) is 0 Å². The number of alkyl halides is 1. The molecule has 1 aromatic heterocycles. The molecule has 0 aliphatic carbocycles. The normalized spacial score (nSPS) is 20.3. The van der Waals surface area contributed by atoms with Gasteiger partial charge >= 0.3 is 0 Å². The number of carbonyl (C=O) groups is 1. The number of carbonyl (C=O) groups excluding carboxylic acids is 1. The first kappa shape index (κ1) is 11.7. The van der Waals surface area contributed by atoms with E-state index in [0.29, 0.717) is 18.8 Å². The average Bonchev–Trinajstić information content (AvgIpc) is 2.96. The van der Waals surface area contributed by atoms with Crippen molar-refractivity contribution in [1.82, 2.24) is 4.90 Å². The van der Waals surface area contributed by atoms with Gasteiger partial charge in [0.05, 0.1) is 6.26 Å². The molecule has 2 rings (SSSR count). The largest absolute Gasteiger partial charge is 0.469 e. The highest BCUT2D eigenvalue weighted by atomic mass is 79.9. The Bertz CT molecular complexity index is 337. The number of nitrogens with zero attached hydrogens (tertiary/aromatic N) is 1. The molecular formula is C12H16BrNO2. The SMILES string of the molecule is O=C(CCc1ccco1)N1CCC(CBr)C1. The van der Waals surface area contributed by atoms with Gasteiger partial charge in [0.1, 0.15) is 5.76 Å². The number of rotatable bonds is 4. The maximum Gasteiger partial charge on any atom is 0.223 e. The van der Waals surface area contributed by atoms with Gasteiger partial charge in [-0.15, -0.1) is 0 Å². The van der Waals surface area contributed by atoms with Gasteiger partial charge in [-0.05, 0) is 24.5 Å². The van der Waals surface area contributed by atoms with Crippen molar-refractivity contribution < 1.29 is 9.21 Å². The van der Waals surface area contributed by atoms with Gasteiger partial charge in [-0.3, -0.25) is 4.79 Å². The van der Waals surface area contributed by atoms with Crippen LogP contribution >= 0.6 is 15.9 Å². The Morgan fingerprint density at radius 2 is 2.50 bits per heavy atom. The lowest BCUT2D eigenvalue weighted by atomic mass is 10.2. The Morgan fingerprint density at radius 1 is 1.62 bits per heavy atom. The molecule has 1 aliphatic rings. The quantitative estimate of drug-likeness (QED) is 0.797. The summed E-state index contributed by atoms with van der Waals surface area (Å²) >= 11 is 3.47. The van der Waals surface area contributed by atoms with Crippen LogP contribution in [0.25, 0.3) is 0 Å². The summed E-state index contributed by atoms with van der Waals surface area (Å²) in [4.78, 5) is 13.8. The molecule has 1 unspecified atom stereocenters. The van der Waals surface area contributed by atoms with E-state index in [0.717, 1.165) is 30.6 Å².